The van der Waals surface area contributed by atoms with Crippen LogP contribution in [0.15, 0.2) is 64.5 Å². The van der Waals surface area contributed by atoms with E-state index in [1.807, 2.05) is 61.5 Å². The molecule has 0 aliphatic heterocycles. The Hall–Kier alpha value is -2.97. The lowest BCUT2D eigenvalue weighted by Gasteiger charge is -2.07. The molecular formula is C21H18N4O2S2. The molecule has 4 aromatic rings. The van der Waals surface area contributed by atoms with Gasteiger partial charge in [-0.3, -0.25) is 9.59 Å². The molecule has 2 N–H and O–H groups in total. The smallest absolute Gasteiger partial charge is 0.255 e. The van der Waals surface area contributed by atoms with E-state index in [0.717, 1.165) is 15.8 Å². The van der Waals surface area contributed by atoms with Crippen molar-refractivity contribution in [3.05, 3.63) is 81.8 Å². The maximum atomic E-state index is 12.5. The molecule has 0 saturated heterocycles. The van der Waals surface area contributed by atoms with E-state index >= 15 is 0 Å². The minimum absolute atomic E-state index is 0.135. The number of hydrogen-bond donors (Lipinski definition) is 2. The molecule has 0 aliphatic rings. The van der Waals surface area contributed by atoms with Crippen LogP contribution in [0.2, 0.25) is 0 Å². The van der Waals surface area contributed by atoms with Gasteiger partial charge in [-0.25, -0.2) is 9.97 Å². The molecule has 2 aromatic heterocycles. The van der Waals surface area contributed by atoms with E-state index in [1.165, 1.54) is 23.1 Å². The van der Waals surface area contributed by atoms with Crippen LogP contribution in [0, 0.1) is 6.92 Å². The first kappa shape index (κ1) is 19.4. The van der Waals surface area contributed by atoms with Gasteiger partial charge in [0.25, 0.3) is 5.56 Å². The Morgan fingerprint density at radius 3 is 2.62 bits per heavy atom. The molecule has 6 nitrogen and oxygen atoms in total. The minimum Gasteiger partial charge on any atom is -0.301 e. The van der Waals surface area contributed by atoms with E-state index < -0.39 is 0 Å². The number of anilines is 1. The van der Waals surface area contributed by atoms with Gasteiger partial charge in [0, 0.05) is 17.7 Å². The second kappa shape index (κ2) is 8.59. The Morgan fingerprint density at radius 1 is 1.10 bits per heavy atom. The molecule has 0 fully saturated rings. The van der Waals surface area contributed by atoms with Crippen molar-refractivity contribution < 1.29 is 4.79 Å². The molecule has 146 valence electrons. The standard InChI is InChI=1S/C21H18N4O2S2/c1-13-15(11-14-7-3-2-4-8-14)19(27)25-20(22-13)28-12-18(26)24-21-23-16-9-5-6-10-17(16)29-21/h2-10H,11-12H2,1H3,(H,22,25,27)(H,23,24,26). The van der Waals surface area contributed by atoms with Crippen LogP contribution < -0.4 is 10.9 Å². The summed E-state index contributed by atoms with van der Waals surface area (Å²) in [6.45, 7) is 1.82. The molecule has 1 amide bonds. The van der Waals surface area contributed by atoms with Crippen molar-refractivity contribution in [2.24, 2.45) is 0 Å². The molecule has 2 heterocycles. The normalized spacial score (nSPS) is 10.9. The first-order valence-corrected chi connectivity index (χ1v) is 10.8. The average Bonchev–Trinajstić information content (AvgIpc) is 3.12. The Labute approximate surface area is 175 Å². The second-order valence-corrected chi connectivity index (χ2v) is 8.42. The molecule has 4 rings (SSSR count). The Morgan fingerprint density at radius 2 is 1.86 bits per heavy atom. The van der Waals surface area contributed by atoms with Crippen molar-refractivity contribution in [2.75, 3.05) is 11.1 Å². The van der Waals surface area contributed by atoms with Gasteiger partial charge in [-0.05, 0) is 24.6 Å². The molecule has 0 radical (unpaired) electrons. The third-order valence-electron chi connectivity index (χ3n) is 4.30. The van der Waals surface area contributed by atoms with Gasteiger partial charge in [0.15, 0.2) is 10.3 Å². The lowest BCUT2D eigenvalue weighted by Crippen LogP contribution is -2.19. The topological polar surface area (TPSA) is 87.7 Å². The Bertz CT molecular complexity index is 1190. The van der Waals surface area contributed by atoms with Crippen LogP contribution in [-0.2, 0) is 11.2 Å². The van der Waals surface area contributed by atoms with Gasteiger partial charge in [0.1, 0.15) is 0 Å². The summed E-state index contributed by atoms with van der Waals surface area (Å²) < 4.78 is 1.02. The summed E-state index contributed by atoms with van der Waals surface area (Å²) in [4.78, 5) is 36.4. The maximum absolute atomic E-state index is 12.5. The van der Waals surface area contributed by atoms with E-state index in [1.54, 1.807) is 0 Å². The molecule has 0 spiro atoms. The summed E-state index contributed by atoms with van der Waals surface area (Å²) in [5.41, 5.74) is 3.05. The lowest BCUT2D eigenvalue weighted by atomic mass is 10.1. The molecule has 29 heavy (non-hydrogen) atoms. The SMILES string of the molecule is Cc1nc(SCC(=O)Nc2nc3ccccc3s2)[nH]c(=O)c1Cc1ccccc1. The number of thioether (sulfide) groups is 1. The number of benzene rings is 2. The molecular weight excluding hydrogens is 404 g/mol. The molecule has 0 saturated carbocycles. The van der Waals surface area contributed by atoms with Crippen LogP contribution in [-0.4, -0.2) is 26.6 Å². The zero-order valence-electron chi connectivity index (χ0n) is 15.6. The average molecular weight is 423 g/mol. The van der Waals surface area contributed by atoms with Gasteiger partial charge >= 0.3 is 0 Å². The number of amides is 1. The number of aromatic nitrogens is 3. The first-order chi connectivity index (χ1) is 14.1. The Kier molecular flexibility index (Phi) is 5.73. The van der Waals surface area contributed by atoms with Gasteiger partial charge in [-0.1, -0.05) is 65.6 Å². The van der Waals surface area contributed by atoms with Gasteiger partial charge in [0.05, 0.1) is 16.0 Å². The number of fused-ring (bicyclic) bond motifs is 1. The highest BCUT2D eigenvalue weighted by Gasteiger charge is 2.12. The highest BCUT2D eigenvalue weighted by Crippen LogP contribution is 2.25. The largest absolute Gasteiger partial charge is 0.301 e. The molecule has 0 atom stereocenters. The van der Waals surface area contributed by atoms with Crippen molar-refractivity contribution in [2.45, 2.75) is 18.5 Å². The fourth-order valence-corrected chi connectivity index (χ4v) is 4.46. The summed E-state index contributed by atoms with van der Waals surface area (Å²) in [6, 6.07) is 17.5. The predicted molar refractivity (Wildman–Crippen MR) is 118 cm³/mol. The van der Waals surface area contributed by atoms with Crippen molar-refractivity contribution >= 4 is 44.4 Å². The van der Waals surface area contributed by atoms with E-state index in [2.05, 4.69) is 20.3 Å². The molecule has 8 heteroatoms. The zero-order chi connectivity index (χ0) is 20.2. The van der Waals surface area contributed by atoms with Crippen LogP contribution >= 0.6 is 23.1 Å². The van der Waals surface area contributed by atoms with Gasteiger partial charge in [0.2, 0.25) is 5.91 Å². The van der Waals surface area contributed by atoms with E-state index in [4.69, 9.17) is 0 Å². The Balaban J connectivity index is 1.40. The summed E-state index contributed by atoms with van der Waals surface area (Å²) in [7, 11) is 0. The molecule has 2 aromatic carbocycles. The number of carbonyl (C=O) groups is 1. The number of aryl methyl sites for hydroxylation is 1. The third kappa shape index (κ3) is 4.72. The van der Waals surface area contributed by atoms with Crippen LogP contribution in [0.1, 0.15) is 16.8 Å². The highest BCUT2D eigenvalue weighted by molar-refractivity contribution is 7.99. The molecule has 0 bridgehead atoms. The number of rotatable bonds is 6. The minimum atomic E-state index is -0.192. The molecule has 0 unspecified atom stereocenters. The highest BCUT2D eigenvalue weighted by atomic mass is 32.2. The van der Waals surface area contributed by atoms with Gasteiger partial charge in [-0.2, -0.15) is 0 Å². The van der Waals surface area contributed by atoms with E-state index in [9.17, 15) is 9.59 Å². The van der Waals surface area contributed by atoms with Gasteiger partial charge < -0.3 is 10.3 Å². The summed E-state index contributed by atoms with van der Waals surface area (Å²) in [5.74, 6) is -0.0567. The monoisotopic (exact) mass is 422 g/mol. The predicted octanol–water partition coefficient (Wildman–Crippen LogP) is 4.01. The third-order valence-corrected chi connectivity index (χ3v) is 6.13. The van der Waals surface area contributed by atoms with E-state index in [0.29, 0.717) is 28.0 Å². The van der Waals surface area contributed by atoms with Crippen LogP contribution in [0.3, 0.4) is 0 Å². The van der Waals surface area contributed by atoms with Crippen molar-refractivity contribution in [1.29, 1.82) is 0 Å². The number of para-hydroxylation sites is 1. The number of nitrogens with one attached hydrogen (secondary N) is 2. The quantitative estimate of drug-likeness (QED) is 0.362. The number of hydrogen-bond acceptors (Lipinski definition) is 6. The van der Waals surface area contributed by atoms with E-state index in [-0.39, 0.29) is 17.2 Å². The summed E-state index contributed by atoms with van der Waals surface area (Å²) in [5, 5.41) is 3.80. The second-order valence-electron chi connectivity index (χ2n) is 6.42. The number of H-pyrrole nitrogens is 1. The van der Waals surface area contributed by atoms with Crippen LogP contribution in [0.25, 0.3) is 10.2 Å². The summed E-state index contributed by atoms with van der Waals surface area (Å²) in [6.07, 6.45) is 0.526. The van der Waals surface area contributed by atoms with Crippen molar-refractivity contribution in [1.82, 2.24) is 15.0 Å². The molecule has 0 aliphatic carbocycles. The fourth-order valence-electron chi connectivity index (χ4n) is 2.88. The first-order valence-electron chi connectivity index (χ1n) is 9.00. The summed E-state index contributed by atoms with van der Waals surface area (Å²) >= 11 is 2.63. The number of carbonyl (C=O) groups excluding carboxylic acids is 1. The zero-order valence-corrected chi connectivity index (χ0v) is 17.3. The number of aromatic amines is 1. The fraction of sp³-hybridized carbons (Fsp3) is 0.143. The maximum Gasteiger partial charge on any atom is 0.255 e. The van der Waals surface area contributed by atoms with Crippen LogP contribution in [0.4, 0.5) is 5.13 Å². The van der Waals surface area contributed by atoms with Crippen LogP contribution in [0.5, 0.6) is 0 Å². The van der Waals surface area contributed by atoms with Gasteiger partial charge in [-0.15, -0.1) is 0 Å². The lowest BCUT2D eigenvalue weighted by molar-refractivity contribution is -0.113. The van der Waals surface area contributed by atoms with Crippen molar-refractivity contribution in [3.63, 3.8) is 0 Å². The number of thiazole rings is 1. The number of nitrogens with zero attached hydrogens (tertiary/aromatic N) is 2. The van der Waals surface area contributed by atoms with Crippen molar-refractivity contribution in [3.8, 4) is 0 Å².